The van der Waals surface area contributed by atoms with Crippen molar-refractivity contribution in [1.29, 1.82) is 5.26 Å². The Bertz CT molecular complexity index is 329. The van der Waals surface area contributed by atoms with E-state index in [-0.39, 0.29) is 17.8 Å². The average Bonchev–Trinajstić information content (AvgIpc) is 2.86. The molecule has 0 aromatic carbocycles. The van der Waals surface area contributed by atoms with Gasteiger partial charge < -0.3 is 10.1 Å². The molecule has 2 rings (SSSR count). The number of nitrogens with zero attached hydrogens (tertiary/aromatic N) is 1. The van der Waals surface area contributed by atoms with E-state index in [1.807, 2.05) is 0 Å². The first-order chi connectivity index (χ1) is 8.74. The predicted octanol–water partition coefficient (Wildman–Crippen LogP) is 2.00. The summed E-state index contributed by atoms with van der Waals surface area (Å²) in [5, 5.41) is 12.7. The Kier molecular flexibility index (Phi) is 4.60. The largest absolute Gasteiger partial charge is 0.469 e. The van der Waals surface area contributed by atoms with Gasteiger partial charge in [-0.2, -0.15) is 5.26 Å². The number of carbonyl (C=O) groups is 1. The van der Waals surface area contributed by atoms with E-state index in [0.717, 1.165) is 44.9 Å². The minimum Gasteiger partial charge on any atom is -0.469 e. The molecular formula is C14H22N2O2. The van der Waals surface area contributed by atoms with Crippen LogP contribution in [0, 0.1) is 23.2 Å². The van der Waals surface area contributed by atoms with E-state index in [0.29, 0.717) is 12.1 Å². The summed E-state index contributed by atoms with van der Waals surface area (Å²) in [6, 6.07) is 3.25. The first kappa shape index (κ1) is 13.4. The molecule has 18 heavy (non-hydrogen) atoms. The third-order valence-corrected chi connectivity index (χ3v) is 4.39. The highest BCUT2D eigenvalue weighted by Crippen LogP contribution is 2.29. The zero-order valence-corrected chi connectivity index (χ0v) is 11.0. The third kappa shape index (κ3) is 3.02. The molecule has 2 unspecified atom stereocenters. The van der Waals surface area contributed by atoms with Crippen LogP contribution >= 0.6 is 0 Å². The van der Waals surface area contributed by atoms with E-state index >= 15 is 0 Å². The van der Waals surface area contributed by atoms with Crippen molar-refractivity contribution in [2.24, 2.45) is 11.8 Å². The average molecular weight is 250 g/mol. The van der Waals surface area contributed by atoms with Gasteiger partial charge in [-0.25, -0.2) is 0 Å². The minimum atomic E-state index is -0.0655. The number of rotatable bonds is 3. The fourth-order valence-corrected chi connectivity index (χ4v) is 3.28. The Labute approximate surface area is 109 Å². The van der Waals surface area contributed by atoms with Gasteiger partial charge in [-0.1, -0.05) is 6.42 Å². The summed E-state index contributed by atoms with van der Waals surface area (Å²) in [6.45, 7) is 0. The lowest BCUT2D eigenvalue weighted by Gasteiger charge is -2.30. The van der Waals surface area contributed by atoms with Crippen LogP contribution in [0.2, 0.25) is 0 Å². The SMILES string of the molecule is COC(=O)C1CCC(NC2CCCC2C#N)CC1. The van der Waals surface area contributed by atoms with Crippen LogP contribution in [0.1, 0.15) is 44.9 Å². The van der Waals surface area contributed by atoms with Gasteiger partial charge in [0.1, 0.15) is 0 Å². The molecule has 100 valence electrons. The van der Waals surface area contributed by atoms with Crippen LogP contribution in [-0.4, -0.2) is 25.2 Å². The van der Waals surface area contributed by atoms with Crippen LogP contribution in [0.5, 0.6) is 0 Å². The summed E-state index contributed by atoms with van der Waals surface area (Å²) in [5.41, 5.74) is 0. The van der Waals surface area contributed by atoms with Crippen molar-refractivity contribution in [2.75, 3.05) is 7.11 Å². The van der Waals surface area contributed by atoms with E-state index < -0.39 is 0 Å². The van der Waals surface area contributed by atoms with Crippen molar-refractivity contribution in [2.45, 2.75) is 57.0 Å². The maximum Gasteiger partial charge on any atom is 0.308 e. The Balaban J connectivity index is 1.77. The molecule has 2 aliphatic carbocycles. The highest BCUT2D eigenvalue weighted by molar-refractivity contribution is 5.72. The van der Waals surface area contributed by atoms with Crippen molar-refractivity contribution in [3.8, 4) is 6.07 Å². The molecule has 0 heterocycles. The highest BCUT2D eigenvalue weighted by Gasteiger charge is 2.32. The van der Waals surface area contributed by atoms with E-state index in [1.165, 1.54) is 7.11 Å². The van der Waals surface area contributed by atoms with Crippen molar-refractivity contribution >= 4 is 5.97 Å². The second kappa shape index (κ2) is 6.19. The van der Waals surface area contributed by atoms with Gasteiger partial charge in [0.05, 0.1) is 25.0 Å². The molecule has 4 nitrogen and oxygen atoms in total. The normalized spacial score (nSPS) is 36.0. The molecule has 0 aliphatic heterocycles. The molecule has 2 saturated carbocycles. The summed E-state index contributed by atoms with van der Waals surface area (Å²) in [6.07, 6.45) is 7.18. The molecule has 2 atom stereocenters. The molecule has 0 bridgehead atoms. The minimum absolute atomic E-state index is 0.0655. The molecular weight excluding hydrogens is 228 g/mol. The molecule has 2 fully saturated rings. The summed E-state index contributed by atoms with van der Waals surface area (Å²) in [4.78, 5) is 11.4. The van der Waals surface area contributed by atoms with Crippen molar-refractivity contribution in [3.63, 3.8) is 0 Å². The number of carbonyl (C=O) groups excluding carboxylic acids is 1. The van der Waals surface area contributed by atoms with Gasteiger partial charge in [-0.05, 0) is 38.5 Å². The Morgan fingerprint density at radius 2 is 1.94 bits per heavy atom. The highest BCUT2D eigenvalue weighted by atomic mass is 16.5. The second-order valence-corrected chi connectivity index (χ2v) is 5.51. The van der Waals surface area contributed by atoms with Crippen LogP contribution in [-0.2, 0) is 9.53 Å². The van der Waals surface area contributed by atoms with Gasteiger partial charge in [-0.15, -0.1) is 0 Å². The van der Waals surface area contributed by atoms with Crippen molar-refractivity contribution in [1.82, 2.24) is 5.32 Å². The summed E-state index contributed by atoms with van der Waals surface area (Å²) in [5.74, 6) is 0.205. The molecule has 0 spiro atoms. The zero-order valence-electron chi connectivity index (χ0n) is 11.0. The molecule has 1 N–H and O–H groups in total. The maximum absolute atomic E-state index is 11.4. The van der Waals surface area contributed by atoms with E-state index in [2.05, 4.69) is 11.4 Å². The Morgan fingerprint density at radius 3 is 2.56 bits per heavy atom. The van der Waals surface area contributed by atoms with Crippen LogP contribution in [0.25, 0.3) is 0 Å². The van der Waals surface area contributed by atoms with E-state index in [9.17, 15) is 4.79 Å². The lowest BCUT2D eigenvalue weighted by molar-refractivity contribution is -0.146. The van der Waals surface area contributed by atoms with Crippen molar-refractivity contribution in [3.05, 3.63) is 0 Å². The number of hydrogen-bond acceptors (Lipinski definition) is 4. The third-order valence-electron chi connectivity index (χ3n) is 4.39. The topological polar surface area (TPSA) is 62.1 Å². The number of methoxy groups -OCH3 is 1. The number of esters is 1. The Morgan fingerprint density at radius 1 is 1.22 bits per heavy atom. The number of hydrogen-bond donors (Lipinski definition) is 1. The second-order valence-electron chi connectivity index (χ2n) is 5.51. The summed E-state index contributed by atoms with van der Waals surface area (Å²) < 4.78 is 4.79. The predicted molar refractivity (Wildman–Crippen MR) is 67.6 cm³/mol. The van der Waals surface area contributed by atoms with Crippen molar-refractivity contribution < 1.29 is 9.53 Å². The lowest BCUT2D eigenvalue weighted by Crippen LogP contribution is -2.42. The standard InChI is InChI=1S/C14H22N2O2/c1-18-14(17)10-5-7-12(8-6-10)16-13-4-2-3-11(13)9-15/h10-13,16H,2-8H2,1H3. The molecule has 0 saturated heterocycles. The Hall–Kier alpha value is -1.08. The van der Waals surface area contributed by atoms with Gasteiger partial charge >= 0.3 is 5.97 Å². The fraction of sp³-hybridized carbons (Fsp3) is 0.857. The summed E-state index contributed by atoms with van der Waals surface area (Å²) in [7, 11) is 1.46. The van der Waals surface area contributed by atoms with Crippen LogP contribution in [0.3, 0.4) is 0 Å². The number of nitriles is 1. The first-order valence-corrected chi connectivity index (χ1v) is 6.98. The van der Waals surface area contributed by atoms with E-state index in [1.54, 1.807) is 0 Å². The lowest BCUT2D eigenvalue weighted by atomic mass is 9.85. The molecule has 0 radical (unpaired) electrons. The monoisotopic (exact) mass is 250 g/mol. The summed E-state index contributed by atoms with van der Waals surface area (Å²) >= 11 is 0. The van der Waals surface area contributed by atoms with Gasteiger partial charge in [0.15, 0.2) is 0 Å². The molecule has 2 aliphatic rings. The van der Waals surface area contributed by atoms with Gasteiger partial charge in [0.25, 0.3) is 0 Å². The zero-order chi connectivity index (χ0) is 13.0. The van der Waals surface area contributed by atoms with Gasteiger partial charge in [0, 0.05) is 12.1 Å². The van der Waals surface area contributed by atoms with E-state index in [4.69, 9.17) is 10.00 Å². The molecule has 0 aromatic rings. The maximum atomic E-state index is 11.4. The smallest absolute Gasteiger partial charge is 0.308 e. The van der Waals surface area contributed by atoms with Crippen LogP contribution < -0.4 is 5.32 Å². The number of ether oxygens (including phenoxy) is 1. The molecule has 4 heteroatoms. The van der Waals surface area contributed by atoms with Crippen LogP contribution in [0.4, 0.5) is 0 Å². The van der Waals surface area contributed by atoms with Gasteiger partial charge in [-0.3, -0.25) is 4.79 Å². The number of nitrogens with one attached hydrogen (secondary N) is 1. The quantitative estimate of drug-likeness (QED) is 0.778. The molecule has 0 amide bonds. The van der Waals surface area contributed by atoms with Crippen LogP contribution in [0.15, 0.2) is 0 Å². The fourth-order valence-electron chi connectivity index (χ4n) is 3.28. The molecule has 0 aromatic heterocycles. The first-order valence-electron chi connectivity index (χ1n) is 6.98. The van der Waals surface area contributed by atoms with Gasteiger partial charge in [0.2, 0.25) is 0 Å².